The number of rotatable bonds is 7. The van der Waals surface area contributed by atoms with Crippen LogP contribution in [0, 0.1) is 0 Å². The van der Waals surface area contributed by atoms with Gasteiger partial charge in [0.25, 0.3) is 0 Å². The monoisotopic (exact) mass is 225 g/mol. The molecule has 86 valence electrons. The summed E-state index contributed by atoms with van der Waals surface area (Å²) in [4.78, 5) is 1.86. The second-order valence-electron chi connectivity index (χ2n) is 3.29. The molecule has 0 aliphatic carbocycles. The van der Waals surface area contributed by atoms with Gasteiger partial charge in [0.15, 0.2) is 6.29 Å². The van der Waals surface area contributed by atoms with Crippen molar-refractivity contribution in [2.45, 2.75) is 6.29 Å². The van der Waals surface area contributed by atoms with Gasteiger partial charge in [-0.15, -0.1) is 0 Å². The van der Waals surface area contributed by atoms with E-state index >= 15 is 0 Å². The number of ether oxygens (including phenoxy) is 2. The van der Waals surface area contributed by atoms with Crippen molar-refractivity contribution in [1.29, 1.82) is 0 Å². The largest absolute Gasteiger partial charge is 0.355 e. The summed E-state index contributed by atoms with van der Waals surface area (Å²) >= 11 is 0. The summed E-state index contributed by atoms with van der Waals surface area (Å²) in [6, 6.07) is 0. The third kappa shape index (κ3) is 7.25. The van der Waals surface area contributed by atoms with Crippen LogP contribution in [0.15, 0.2) is 0 Å². The Morgan fingerprint density at radius 2 is 1.79 bits per heavy atom. The van der Waals surface area contributed by atoms with Crippen molar-refractivity contribution in [2.24, 2.45) is 0 Å². The molecule has 0 saturated carbocycles. The van der Waals surface area contributed by atoms with Gasteiger partial charge in [0, 0.05) is 33.6 Å². The van der Waals surface area contributed by atoms with Crippen molar-refractivity contribution in [2.75, 3.05) is 46.4 Å². The Kier molecular flexibility index (Phi) is 6.26. The minimum Gasteiger partial charge on any atom is -0.355 e. The van der Waals surface area contributed by atoms with Crippen molar-refractivity contribution in [3.05, 3.63) is 0 Å². The number of hydrogen-bond acceptors (Lipinski definition) is 5. The highest BCUT2D eigenvalue weighted by Gasteiger charge is 2.11. The second kappa shape index (κ2) is 6.34. The van der Waals surface area contributed by atoms with Crippen LogP contribution in [0.3, 0.4) is 0 Å². The van der Waals surface area contributed by atoms with Gasteiger partial charge in [-0.2, -0.15) is 0 Å². The van der Waals surface area contributed by atoms with Crippen molar-refractivity contribution in [1.82, 2.24) is 4.90 Å². The first kappa shape index (κ1) is 13.8. The molecule has 0 spiro atoms. The van der Waals surface area contributed by atoms with Crippen LogP contribution < -0.4 is 0 Å². The molecule has 0 rings (SSSR count). The van der Waals surface area contributed by atoms with Gasteiger partial charge in [-0.3, -0.25) is 0 Å². The predicted molar refractivity (Wildman–Crippen MR) is 55.0 cm³/mol. The summed E-state index contributed by atoms with van der Waals surface area (Å²) in [7, 11) is 2.05. The van der Waals surface area contributed by atoms with Gasteiger partial charge >= 0.3 is 0 Å². The molecular weight excluding hydrogens is 206 g/mol. The van der Waals surface area contributed by atoms with E-state index in [-0.39, 0.29) is 12.0 Å². The first-order valence-corrected chi connectivity index (χ1v) is 6.37. The van der Waals surface area contributed by atoms with Gasteiger partial charge in [0.2, 0.25) is 0 Å². The van der Waals surface area contributed by atoms with Gasteiger partial charge in [-0.05, 0) is 7.05 Å². The van der Waals surface area contributed by atoms with E-state index in [2.05, 4.69) is 0 Å². The van der Waals surface area contributed by atoms with Gasteiger partial charge in [0.05, 0.1) is 5.75 Å². The summed E-state index contributed by atoms with van der Waals surface area (Å²) in [6.07, 6.45) is 0.921. The predicted octanol–water partition coefficient (Wildman–Crippen LogP) is -0.418. The van der Waals surface area contributed by atoms with Gasteiger partial charge < -0.3 is 14.4 Å². The average Bonchev–Trinajstić information content (AvgIpc) is 2.09. The minimum atomic E-state index is -2.89. The lowest BCUT2D eigenvalue weighted by atomic mass is 10.5. The Bertz CT molecular complexity index is 236. The maximum Gasteiger partial charge on any atom is 0.169 e. The Labute approximate surface area is 85.9 Å². The van der Waals surface area contributed by atoms with Crippen LogP contribution >= 0.6 is 0 Å². The molecule has 0 radical (unpaired) electrons. The SMILES string of the molecule is COC(CN(C)CCS(C)(=O)=O)OC. The molecule has 0 heterocycles. The molecule has 0 atom stereocenters. The number of nitrogens with zero attached hydrogens (tertiary/aromatic N) is 1. The number of sulfone groups is 1. The highest BCUT2D eigenvalue weighted by atomic mass is 32.2. The molecule has 0 aromatic rings. The van der Waals surface area contributed by atoms with E-state index in [1.165, 1.54) is 6.26 Å². The summed E-state index contributed by atoms with van der Waals surface area (Å²) in [5, 5.41) is 0. The Morgan fingerprint density at radius 3 is 2.14 bits per heavy atom. The van der Waals surface area contributed by atoms with Crippen LogP contribution in [-0.4, -0.2) is 66.0 Å². The van der Waals surface area contributed by atoms with Crippen LogP contribution in [0.5, 0.6) is 0 Å². The smallest absolute Gasteiger partial charge is 0.169 e. The molecule has 0 bridgehead atoms. The molecule has 0 aliphatic rings. The third-order valence-corrected chi connectivity index (χ3v) is 2.75. The van der Waals surface area contributed by atoms with Gasteiger partial charge in [0.1, 0.15) is 9.84 Å². The van der Waals surface area contributed by atoms with Crippen molar-refractivity contribution in [3.8, 4) is 0 Å². The summed E-state index contributed by atoms with van der Waals surface area (Å²) in [5.41, 5.74) is 0. The van der Waals surface area contributed by atoms with Crippen molar-refractivity contribution in [3.63, 3.8) is 0 Å². The van der Waals surface area contributed by atoms with Crippen molar-refractivity contribution < 1.29 is 17.9 Å². The molecule has 0 fully saturated rings. The van der Waals surface area contributed by atoms with Gasteiger partial charge in [-0.1, -0.05) is 0 Å². The second-order valence-corrected chi connectivity index (χ2v) is 5.55. The fourth-order valence-corrected chi connectivity index (χ4v) is 1.56. The van der Waals surface area contributed by atoms with E-state index in [0.29, 0.717) is 13.1 Å². The van der Waals surface area contributed by atoms with Crippen LogP contribution in [0.25, 0.3) is 0 Å². The molecule has 6 heteroatoms. The highest BCUT2D eigenvalue weighted by molar-refractivity contribution is 7.90. The van der Waals surface area contributed by atoms with E-state index in [1.54, 1.807) is 14.2 Å². The lowest BCUT2D eigenvalue weighted by Gasteiger charge is -2.21. The first-order chi connectivity index (χ1) is 6.39. The molecular formula is C8H19NO4S. The van der Waals surface area contributed by atoms with Crippen LogP contribution in [-0.2, 0) is 19.3 Å². The topological polar surface area (TPSA) is 55.8 Å². The molecule has 0 amide bonds. The van der Waals surface area contributed by atoms with Crippen LogP contribution in [0.2, 0.25) is 0 Å². The zero-order chi connectivity index (χ0) is 11.2. The van der Waals surface area contributed by atoms with E-state index in [4.69, 9.17) is 9.47 Å². The molecule has 0 saturated heterocycles. The molecule has 5 nitrogen and oxygen atoms in total. The number of likely N-dealkylation sites (N-methyl/N-ethyl adjacent to an activating group) is 1. The molecule has 0 aliphatic heterocycles. The normalized spacial score (nSPS) is 12.7. The molecule has 0 aromatic carbocycles. The molecule has 0 unspecified atom stereocenters. The van der Waals surface area contributed by atoms with E-state index in [9.17, 15) is 8.42 Å². The maximum atomic E-state index is 10.9. The van der Waals surface area contributed by atoms with Gasteiger partial charge in [-0.25, -0.2) is 8.42 Å². The molecule has 0 aromatic heterocycles. The third-order valence-electron chi connectivity index (χ3n) is 1.83. The zero-order valence-electron chi connectivity index (χ0n) is 9.19. The lowest BCUT2D eigenvalue weighted by molar-refractivity contribution is -0.113. The van der Waals surface area contributed by atoms with Crippen LogP contribution in [0.1, 0.15) is 0 Å². The fraction of sp³-hybridized carbons (Fsp3) is 1.00. The number of methoxy groups -OCH3 is 2. The van der Waals surface area contributed by atoms with Crippen molar-refractivity contribution >= 4 is 9.84 Å². The fourth-order valence-electron chi connectivity index (χ4n) is 0.913. The number of hydrogen-bond donors (Lipinski definition) is 0. The Morgan fingerprint density at radius 1 is 1.29 bits per heavy atom. The quantitative estimate of drug-likeness (QED) is 0.551. The minimum absolute atomic E-state index is 0.156. The Hall–Kier alpha value is -0.170. The van der Waals surface area contributed by atoms with E-state index in [1.807, 2.05) is 11.9 Å². The summed E-state index contributed by atoms with van der Waals surface area (Å²) in [5.74, 6) is 0.156. The Balaban J connectivity index is 3.80. The van der Waals surface area contributed by atoms with Crippen LogP contribution in [0.4, 0.5) is 0 Å². The maximum absolute atomic E-state index is 10.9. The molecule has 14 heavy (non-hydrogen) atoms. The van der Waals surface area contributed by atoms with E-state index < -0.39 is 9.84 Å². The average molecular weight is 225 g/mol. The summed E-state index contributed by atoms with van der Waals surface area (Å²) < 4.78 is 31.7. The lowest BCUT2D eigenvalue weighted by Crippen LogP contribution is -2.34. The molecule has 0 N–H and O–H groups in total. The summed E-state index contributed by atoms with van der Waals surface area (Å²) in [6.45, 7) is 1.05. The highest BCUT2D eigenvalue weighted by Crippen LogP contribution is 1.95. The standard InChI is InChI=1S/C8H19NO4S/c1-9(5-6-14(4,10)11)7-8(12-2)13-3/h8H,5-7H2,1-4H3. The zero-order valence-corrected chi connectivity index (χ0v) is 10.0. The first-order valence-electron chi connectivity index (χ1n) is 4.31. The van der Waals surface area contributed by atoms with E-state index in [0.717, 1.165) is 0 Å².